The van der Waals surface area contributed by atoms with Gasteiger partial charge in [-0.2, -0.15) is 10.5 Å². The van der Waals surface area contributed by atoms with Crippen LogP contribution in [0, 0.1) is 32.8 Å². The summed E-state index contributed by atoms with van der Waals surface area (Å²) in [5.74, 6) is -0.498. The molecule has 1 aliphatic heterocycles. The minimum atomic E-state index is -0.629. The zero-order valence-electron chi connectivity index (χ0n) is 12.9. The molecule has 1 N–H and O–H groups in total. The Morgan fingerprint density at radius 1 is 1.22 bits per heavy atom. The third-order valence-electron chi connectivity index (χ3n) is 3.73. The van der Waals surface area contributed by atoms with Crippen molar-refractivity contribution in [3.63, 3.8) is 0 Å². The van der Waals surface area contributed by atoms with Gasteiger partial charge in [-0.25, -0.2) is 0 Å². The molecule has 1 aromatic carbocycles. The van der Waals surface area contributed by atoms with Crippen LogP contribution < -0.4 is 10.1 Å². The van der Waals surface area contributed by atoms with Gasteiger partial charge in [0.15, 0.2) is 5.75 Å². The lowest BCUT2D eigenvalue weighted by molar-refractivity contribution is -0.385. The van der Waals surface area contributed by atoms with Gasteiger partial charge < -0.3 is 10.1 Å². The normalized spacial score (nSPS) is 14.8. The maximum atomic E-state index is 11.2. The first-order valence-electron chi connectivity index (χ1n) is 6.75. The molecular formula is C16H14N4O3. The summed E-state index contributed by atoms with van der Waals surface area (Å²) in [4.78, 5) is 10.7. The molecule has 1 heterocycles. The number of nitrogens with zero attached hydrogens (tertiary/aromatic N) is 3. The number of methoxy groups -OCH3 is 1. The molecule has 0 bridgehead atoms. The highest BCUT2D eigenvalue weighted by Gasteiger charge is 2.31. The Hall–Kier alpha value is -3.32. The minimum absolute atomic E-state index is 0.131. The van der Waals surface area contributed by atoms with Crippen LogP contribution in [0.5, 0.6) is 5.75 Å². The Morgan fingerprint density at radius 2 is 1.78 bits per heavy atom. The van der Waals surface area contributed by atoms with Crippen molar-refractivity contribution >= 4 is 5.69 Å². The van der Waals surface area contributed by atoms with Gasteiger partial charge in [-0.1, -0.05) is 6.07 Å². The second kappa shape index (κ2) is 6.20. The molecule has 0 aromatic heterocycles. The standard InChI is InChI=1S/C16H14N4O3/c1-9-12(7-17)16(13(8-18)10(2)19-9)11-4-5-15(23-3)14(6-11)20(21)22/h4-6,16,19H,1-3H3. The predicted octanol–water partition coefficient (Wildman–Crippen LogP) is 2.89. The van der Waals surface area contributed by atoms with E-state index in [4.69, 9.17) is 4.74 Å². The molecule has 0 unspecified atom stereocenters. The topological polar surface area (TPSA) is 112 Å². The van der Waals surface area contributed by atoms with Gasteiger partial charge in [-0.15, -0.1) is 0 Å². The molecule has 0 fully saturated rings. The summed E-state index contributed by atoms with van der Waals surface area (Å²) in [6.07, 6.45) is 0. The second-order valence-corrected chi connectivity index (χ2v) is 5.05. The quantitative estimate of drug-likeness (QED) is 0.678. The van der Waals surface area contributed by atoms with Gasteiger partial charge in [-0.3, -0.25) is 10.1 Å². The van der Waals surface area contributed by atoms with Crippen LogP contribution in [0.3, 0.4) is 0 Å². The summed E-state index contributed by atoms with van der Waals surface area (Å²) in [5, 5.41) is 33.1. The maximum Gasteiger partial charge on any atom is 0.311 e. The molecule has 0 amide bonds. The highest BCUT2D eigenvalue weighted by atomic mass is 16.6. The second-order valence-electron chi connectivity index (χ2n) is 5.05. The number of rotatable bonds is 3. The number of nitrogens with one attached hydrogen (secondary N) is 1. The van der Waals surface area contributed by atoms with E-state index in [0.717, 1.165) is 0 Å². The fraction of sp³-hybridized carbons (Fsp3) is 0.250. The lowest BCUT2D eigenvalue weighted by Gasteiger charge is -2.26. The molecular weight excluding hydrogens is 296 g/mol. The van der Waals surface area contributed by atoms with Crippen LogP contribution in [-0.2, 0) is 0 Å². The molecule has 0 spiro atoms. The summed E-state index contributed by atoms with van der Waals surface area (Å²) in [5.41, 5.74) is 2.30. The van der Waals surface area contributed by atoms with Crippen molar-refractivity contribution in [1.82, 2.24) is 5.32 Å². The first kappa shape index (κ1) is 16.1. The first-order valence-corrected chi connectivity index (χ1v) is 6.75. The van der Waals surface area contributed by atoms with E-state index >= 15 is 0 Å². The Kier molecular flexibility index (Phi) is 4.33. The van der Waals surface area contributed by atoms with Crippen molar-refractivity contribution in [2.45, 2.75) is 19.8 Å². The fourth-order valence-corrected chi connectivity index (χ4v) is 2.65. The van der Waals surface area contributed by atoms with Crippen LogP contribution in [0.25, 0.3) is 0 Å². The van der Waals surface area contributed by atoms with Crippen LogP contribution in [-0.4, -0.2) is 12.0 Å². The third-order valence-corrected chi connectivity index (χ3v) is 3.73. The summed E-state index contributed by atoms with van der Waals surface area (Å²) < 4.78 is 4.99. The number of hydrogen-bond donors (Lipinski definition) is 1. The van der Waals surface area contributed by atoms with Crippen LogP contribution in [0.15, 0.2) is 40.7 Å². The lowest BCUT2D eigenvalue weighted by atomic mass is 9.81. The molecule has 1 aromatic rings. The number of allylic oxidation sites excluding steroid dienone is 4. The molecule has 0 saturated heterocycles. The van der Waals surface area contributed by atoms with Gasteiger partial charge in [0.2, 0.25) is 0 Å². The van der Waals surface area contributed by atoms with Crippen LogP contribution in [0.4, 0.5) is 5.69 Å². The van der Waals surface area contributed by atoms with Gasteiger partial charge in [0.05, 0.1) is 41.2 Å². The first-order chi connectivity index (χ1) is 10.9. The largest absolute Gasteiger partial charge is 0.490 e. The smallest absolute Gasteiger partial charge is 0.311 e. The highest BCUT2D eigenvalue weighted by molar-refractivity contribution is 5.59. The van der Waals surface area contributed by atoms with E-state index in [2.05, 4.69) is 17.5 Å². The summed E-state index contributed by atoms with van der Waals surface area (Å²) >= 11 is 0. The number of nitriles is 2. The number of benzene rings is 1. The van der Waals surface area contributed by atoms with Crippen LogP contribution in [0.1, 0.15) is 25.3 Å². The lowest BCUT2D eigenvalue weighted by Crippen LogP contribution is -2.23. The molecule has 0 aliphatic carbocycles. The molecule has 0 atom stereocenters. The van der Waals surface area contributed by atoms with E-state index in [9.17, 15) is 20.6 Å². The van der Waals surface area contributed by atoms with Gasteiger partial charge in [0, 0.05) is 17.5 Å². The molecule has 0 saturated carbocycles. The van der Waals surface area contributed by atoms with Crippen molar-refractivity contribution in [3.05, 3.63) is 56.4 Å². The third kappa shape index (κ3) is 2.72. The minimum Gasteiger partial charge on any atom is -0.490 e. The SMILES string of the molecule is COc1ccc(C2C(C#N)=C(C)NC(C)=C2C#N)cc1[N+](=O)[O-]. The molecule has 1 aliphatic rings. The summed E-state index contributed by atoms with van der Waals surface area (Å²) in [7, 11) is 1.35. The Labute approximate surface area is 133 Å². The van der Waals surface area contributed by atoms with E-state index in [1.807, 2.05) is 0 Å². The van der Waals surface area contributed by atoms with Crippen molar-refractivity contribution in [1.29, 1.82) is 10.5 Å². The van der Waals surface area contributed by atoms with Gasteiger partial charge in [-0.05, 0) is 25.5 Å². The summed E-state index contributed by atoms with van der Waals surface area (Å²) in [6, 6.07) is 8.65. The average molecular weight is 310 g/mol. The Morgan fingerprint density at radius 3 is 2.22 bits per heavy atom. The maximum absolute atomic E-state index is 11.2. The molecule has 0 radical (unpaired) electrons. The van der Waals surface area contributed by atoms with Gasteiger partial charge in [0.25, 0.3) is 0 Å². The molecule has 2 rings (SSSR count). The van der Waals surface area contributed by atoms with E-state index < -0.39 is 10.8 Å². The van der Waals surface area contributed by atoms with Crippen molar-refractivity contribution in [3.8, 4) is 17.9 Å². The number of hydrogen-bond acceptors (Lipinski definition) is 6. The van der Waals surface area contributed by atoms with E-state index in [1.165, 1.54) is 19.2 Å². The summed E-state index contributed by atoms with van der Waals surface area (Å²) in [6.45, 7) is 3.47. The van der Waals surface area contributed by atoms with Crippen molar-refractivity contribution < 1.29 is 9.66 Å². The van der Waals surface area contributed by atoms with Gasteiger partial charge >= 0.3 is 5.69 Å². The predicted molar refractivity (Wildman–Crippen MR) is 82.2 cm³/mol. The van der Waals surface area contributed by atoms with Crippen molar-refractivity contribution in [2.75, 3.05) is 7.11 Å². The number of nitro benzene ring substituents is 1. The Balaban J connectivity index is 2.69. The zero-order chi connectivity index (χ0) is 17.1. The zero-order valence-corrected chi connectivity index (χ0v) is 12.9. The average Bonchev–Trinajstić information content (AvgIpc) is 2.53. The van der Waals surface area contributed by atoms with Crippen LogP contribution in [0.2, 0.25) is 0 Å². The fourth-order valence-electron chi connectivity index (χ4n) is 2.65. The van der Waals surface area contributed by atoms with E-state index in [1.54, 1.807) is 19.9 Å². The van der Waals surface area contributed by atoms with E-state index in [0.29, 0.717) is 28.1 Å². The van der Waals surface area contributed by atoms with Crippen molar-refractivity contribution in [2.24, 2.45) is 0 Å². The number of nitro groups is 1. The van der Waals surface area contributed by atoms with Crippen LogP contribution >= 0.6 is 0 Å². The Bertz CT molecular complexity index is 789. The number of dihydropyridines is 1. The molecule has 23 heavy (non-hydrogen) atoms. The highest BCUT2D eigenvalue weighted by Crippen LogP contribution is 2.40. The number of ether oxygens (including phenoxy) is 1. The van der Waals surface area contributed by atoms with E-state index in [-0.39, 0.29) is 11.4 Å². The molecule has 7 heteroatoms. The molecule has 116 valence electrons. The molecule has 7 nitrogen and oxygen atoms in total. The monoisotopic (exact) mass is 310 g/mol. The van der Waals surface area contributed by atoms with Gasteiger partial charge in [0.1, 0.15) is 0 Å².